The molecule has 0 saturated heterocycles. The molecule has 8 heteroatoms. The Kier molecular flexibility index (Phi) is 7.95. The summed E-state index contributed by atoms with van der Waals surface area (Å²) in [5, 5.41) is 3.95. The van der Waals surface area contributed by atoms with Gasteiger partial charge in [0.05, 0.1) is 36.6 Å². The number of carbonyl (C=O) groups is 1. The Balaban J connectivity index is 1.59. The van der Waals surface area contributed by atoms with E-state index in [1.54, 1.807) is 30.9 Å². The molecular weight excluding hydrogens is 474 g/mol. The molecule has 4 rings (SSSR count). The van der Waals surface area contributed by atoms with Crippen LogP contribution in [0.25, 0.3) is 16.6 Å². The SMILES string of the molecule is COc1ccc(CNC(=O)CSc2nc3ccccc3c(=O)n2-c2ccccc2C(C)C)cc1OC. The Morgan fingerprint density at radius 1 is 1.00 bits per heavy atom. The molecule has 1 heterocycles. The molecule has 7 nitrogen and oxygen atoms in total. The average Bonchev–Trinajstić information content (AvgIpc) is 2.90. The van der Waals surface area contributed by atoms with Crippen LogP contribution in [0, 0.1) is 0 Å². The number of thioether (sulfide) groups is 1. The quantitative estimate of drug-likeness (QED) is 0.258. The van der Waals surface area contributed by atoms with Crippen molar-refractivity contribution < 1.29 is 14.3 Å². The number of benzene rings is 3. The Hall–Kier alpha value is -3.78. The maximum absolute atomic E-state index is 13.6. The van der Waals surface area contributed by atoms with Crippen LogP contribution in [0.2, 0.25) is 0 Å². The summed E-state index contributed by atoms with van der Waals surface area (Å²) in [6.07, 6.45) is 0. The van der Waals surface area contributed by atoms with Gasteiger partial charge >= 0.3 is 0 Å². The second-order valence-electron chi connectivity index (χ2n) is 8.52. The maximum atomic E-state index is 13.6. The Labute approximate surface area is 214 Å². The summed E-state index contributed by atoms with van der Waals surface area (Å²) in [6, 6.07) is 20.6. The van der Waals surface area contributed by atoms with Crippen molar-refractivity contribution in [3.8, 4) is 17.2 Å². The van der Waals surface area contributed by atoms with Crippen LogP contribution in [0.4, 0.5) is 0 Å². The lowest BCUT2D eigenvalue weighted by molar-refractivity contribution is -0.118. The van der Waals surface area contributed by atoms with E-state index < -0.39 is 0 Å². The van der Waals surface area contributed by atoms with Crippen molar-refractivity contribution >= 4 is 28.6 Å². The van der Waals surface area contributed by atoms with Gasteiger partial charge in [0.1, 0.15) is 0 Å². The lowest BCUT2D eigenvalue weighted by atomic mass is 10.0. The first-order valence-electron chi connectivity index (χ1n) is 11.6. The van der Waals surface area contributed by atoms with Crippen molar-refractivity contribution in [2.45, 2.75) is 31.5 Å². The number of ether oxygens (including phenoxy) is 2. The predicted molar refractivity (Wildman–Crippen MR) is 144 cm³/mol. The van der Waals surface area contributed by atoms with Crippen LogP contribution in [0.15, 0.2) is 76.7 Å². The summed E-state index contributed by atoms with van der Waals surface area (Å²) in [5.41, 5.74) is 3.16. The first kappa shape index (κ1) is 25.3. The van der Waals surface area contributed by atoms with E-state index in [1.165, 1.54) is 11.8 Å². The molecule has 0 atom stereocenters. The second-order valence-corrected chi connectivity index (χ2v) is 9.46. The molecule has 0 radical (unpaired) electrons. The molecule has 0 aliphatic carbocycles. The van der Waals surface area contributed by atoms with Gasteiger partial charge in [-0.1, -0.05) is 62.0 Å². The molecule has 0 spiro atoms. The summed E-state index contributed by atoms with van der Waals surface area (Å²) in [7, 11) is 3.15. The fraction of sp³-hybridized carbons (Fsp3) is 0.250. The number of hydrogen-bond donors (Lipinski definition) is 1. The third kappa shape index (κ3) is 5.39. The highest BCUT2D eigenvalue weighted by Crippen LogP contribution is 2.28. The third-order valence-corrected chi connectivity index (χ3v) is 6.75. The minimum Gasteiger partial charge on any atom is -0.493 e. The molecule has 0 aliphatic heterocycles. The molecule has 36 heavy (non-hydrogen) atoms. The van der Waals surface area contributed by atoms with Crippen molar-refractivity contribution in [1.29, 1.82) is 0 Å². The van der Waals surface area contributed by atoms with Gasteiger partial charge < -0.3 is 14.8 Å². The van der Waals surface area contributed by atoms with E-state index in [-0.39, 0.29) is 23.1 Å². The number of nitrogens with one attached hydrogen (secondary N) is 1. The smallest absolute Gasteiger partial charge is 0.266 e. The Morgan fingerprint density at radius 2 is 1.72 bits per heavy atom. The molecule has 186 valence electrons. The number of hydrogen-bond acceptors (Lipinski definition) is 6. The van der Waals surface area contributed by atoms with E-state index in [0.717, 1.165) is 16.8 Å². The van der Waals surface area contributed by atoms with Crippen LogP contribution in [-0.4, -0.2) is 35.4 Å². The molecule has 1 N–H and O–H groups in total. The summed E-state index contributed by atoms with van der Waals surface area (Å²) in [6.45, 7) is 4.52. The van der Waals surface area contributed by atoms with E-state index in [9.17, 15) is 9.59 Å². The van der Waals surface area contributed by atoms with Crippen LogP contribution in [0.3, 0.4) is 0 Å². The number of aromatic nitrogens is 2. The van der Waals surface area contributed by atoms with Crippen molar-refractivity contribution in [3.05, 3.63) is 88.2 Å². The van der Waals surface area contributed by atoms with E-state index in [0.29, 0.717) is 34.1 Å². The average molecular weight is 504 g/mol. The summed E-state index contributed by atoms with van der Waals surface area (Å²) < 4.78 is 12.2. The molecule has 1 aromatic heterocycles. The fourth-order valence-corrected chi connectivity index (χ4v) is 4.81. The van der Waals surface area contributed by atoms with E-state index in [1.807, 2.05) is 54.6 Å². The van der Waals surface area contributed by atoms with Gasteiger partial charge in [-0.2, -0.15) is 0 Å². The fourth-order valence-electron chi connectivity index (χ4n) is 3.97. The molecule has 4 aromatic rings. The third-order valence-electron chi connectivity index (χ3n) is 5.81. The molecular formula is C28H29N3O4S. The predicted octanol–water partition coefficient (Wildman–Crippen LogP) is 4.93. The number of carbonyl (C=O) groups excluding carboxylic acids is 1. The summed E-state index contributed by atoms with van der Waals surface area (Å²) in [5.74, 6) is 1.39. The van der Waals surface area contributed by atoms with E-state index in [4.69, 9.17) is 14.5 Å². The van der Waals surface area contributed by atoms with Crippen LogP contribution in [0.5, 0.6) is 11.5 Å². The normalized spacial score (nSPS) is 11.0. The van der Waals surface area contributed by atoms with E-state index in [2.05, 4.69) is 19.2 Å². The van der Waals surface area contributed by atoms with Crippen molar-refractivity contribution in [3.63, 3.8) is 0 Å². The molecule has 3 aromatic carbocycles. The van der Waals surface area contributed by atoms with Gasteiger partial charge in [0.25, 0.3) is 5.56 Å². The minimum absolute atomic E-state index is 0.113. The van der Waals surface area contributed by atoms with Gasteiger partial charge in [-0.05, 0) is 47.4 Å². The van der Waals surface area contributed by atoms with Gasteiger partial charge in [0.15, 0.2) is 16.7 Å². The number of rotatable bonds is 9. The van der Waals surface area contributed by atoms with Gasteiger partial charge in [0.2, 0.25) is 5.91 Å². The molecule has 0 fully saturated rings. The highest BCUT2D eigenvalue weighted by atomic mass is 32.2. The first-order chi connectivity index (χ1) is 17.4. The summed E-state index contributed by atoms with van der Waals surface area (Å²) in [4.78, 5) is 31.1. The lowest BCUT2D eigenvalue weighted by Crippen LogP contribution is -2.26. The highest BCUT2D eigenvalue weighted by Gasteiger charge is 2.18. The Bertz CT molecular complexity index is 1450. The summed E-state index contributed by atoms with van der Waals surface area (Å²) >= 11 is 1.24. The largest absolute Gasteiger partial charge is 0.493 e. The topological polar surface area (TPSA) is 82.5 Å². The van der Waals surface area contributed by atoms with Crippen LogP contribution in [-0.2, 0) is 11.3 Å². The monoisotopic (exact) mass is 503 g/mol. The molecule has 0 unspecified atom stereocenters. The van der Waals surface area contributed by atoms with Crippen molar-refractivity contribution in [2.75, 3.05) is 20.0 Å². The van der Waals surface area contributed by atoms with Crippen molar-refractivity contribution in [2.24, 2.45) is 0 Å². The lowest BCUT2D eigenvalue weighted by Gasteiger charge is -2.18. The molecule has 1 amide bonds. The number of para-hydroxylation sites is 2. The maximum Gasteiger partial charge on any atom is 0.266 e. The van der Waals surface area contributed by atoms with E-state index >= 15 is 0 Å². The van der Waals surface area contributed by atoms with Gasteiger partial charge in [0, 0.05) is 6.54 Å². The zero-order chi connectivity index (χ0) is 25.7. The molecule has 0 aliphatic rings. The molecule has 0 saturated carbocycles. The van der Waals surface area contributed by atoms with Gasteiger partial charge in [-0.15, -0.1) is 0 Å². The van der Waals surface area contributed by atoms with Gasteiger partial charge in [-0.3, -0.25) is 14.2 Å². The first-order valence-corrected chi connectivity index (χ1v) is 12.6. The number of methoxy groups -OCH3 is 2. The zero-order valence-electron chi connectivity index (χ0n) is 20.8. The number of fused-ring (bicyclic) bond motifs is 1. The molecule has 0 bridgehead atoms. The standard InChI is InChI=1S/C28H29N3O4S/c1-18(2)20-9-6-8-12-23(20)31-27(33)21-10-5-7-11-22(21)30-28(31)36-17-26(32)29-16-19-13-14-24(34-3)25(15-19)35-4/h5-15,18H,16-17H2,1-4H3,(H,29,32). The second kappa shape index (κ2) is 11.3. The van der Waals surface area contributed by atoms with Crippen molar-refractivity contribution in [1.82, 2.24) is 14.9 Å². The minimum atomic E-state index is -0.166. The van der Waals surface area contributed by atoms with Crippen LogP contribution < -0.4 is 20.3 Å². The Morgan fingerprint density at radius 3 is 2.47 bits per heavy atom. The number of nitrogens with zero attached hydrogens (tertiary/aromatic N) is 2. The number of amides is 1. The highest BCUT2D eigenvalue weighted by molar-refractivity contribution is 7.99. The van der Waals surface area contributed by atoms with Gasteiger partial charge in [-0.25, -0.2) is 4.98 Å². The van der Waals surface area contributed by atoms with Crippen LogP contribution >= 0.6 is 11.8 Å². The zero-order valence-corrected chi connectivity index (χ0v) is 21.6. The van der Waals surface area contributed by atoms with Crippen LogP contribution in [0.1, 0.15) is 30.9 Å².